The number of aryl methyl sites for hydroxylation is 1. The average molecular weight is 488 g/mol. The predicted molar refractivity (Wildman–Crippen MR) is 115 cm³/mol. The lowest BCUT2D eigenvalue weighted by molar-refractivity contribution is -0.151. The molecule has 1 unspecified atom stereocenters. The summed E-state index contributed by atoms with van der Waals surface area (Å²) in [5, 5.41) is 27.4. The van der Waals surface area contributed by atoms with Crippen LogP contribution in [-0.2, 0) is 19.0 Å². The van der Waals surface area contributed by atoms with Crippen LogP contribution in [0.4, 0.5) is 0 Å². The van der Waals surface area contributed by atoms with Crippen LogP contribution in [0.3, 0.4) is 0 Å². The summed E-state index contributed by atoms with van der Waals surface area (Å²) >= 11 is 0. The maximum atomic E-state index is 12.3. The third-order valence-corrected chi connectivity index (χ3v) is 4.55. The quantitative estimate of drug-likeness (QED) is 0.326. The fourth-order valence-corrected chi connectivity index (χ4v) is 2.87. The first kappa shape index (κ1) is 26.5. The Bertz CT molecular complexity index is 1200. The third-order valence-electron chi connectivity index (χ3n) is 4.55. The van der Waals surface area contributed by atoms with Gasteiger partial charge in [-0.3, -0.25) is 4.79 Å². The number of benzene rings is 2. The van der Waals surface area contributed by atoms with Crippen LogP contribution in [0.15, 0.2) is 36.4 Å². The molecular formula is C23H20O12. The number of aromatic carboxylic acids is 3. The van der Waals surface area contributed by atoms with Crippen molar-refractivity contribution in [3.63, 3.8) is 0 Å². The number of hydrogen-bond donors (Lipinski definition) is 3. The molecule has 0 aliphatic rings. The van der Waals surface area contributed by atoms with Gasteiger partial charge in [0.2, 0.25) is 0 Å². The van der Waals surface area contributed by atoms with Gasteiger partial charge in [0.1, 0.15) is 13.2 Å². The van der Waals surface area contributed by atoms with Gasteiger partial charge in [-0.05, 0) is 42.8 Å². The lowest BCUT2D eigenvalue weighted by Gasteiger charge is -2.17. The largest absolute Gasteiger partial charge is 0.478 e. The summed E-state index contributed by atoms with van der Waals surface area (Å²) in [7, 11) is 0. The van der Waals surface area contributed by atoms with Crippen molar-refractivity contribution in [2.45, 2.75) is 20.0 Å². The summed E-state index contributed by atoms with van der Waals surface area (Å²) in [6.07, 6.45) is -1.23. The molecule has 0 saturated heterocycles. The maximum Gasteiger partial charge on any atom is 0.338 e. The first-order chi connectivity index (χ1) is 16.4. The Hall–Kier alpha value is -4.74. The first-order valence-electron chi connectivity index (χ1n) is 9.86. The van der Waals surface area contributed by atoms with Gasteiger partial charge in [0.15, 0.2) is 6.10 Å². The molecule has 2 aromatic rings. The molecular weight excluding hydrogens is 468 g/mol. The molecule has 0 saturated carbocycles. The van der Waals surface area contributed by atoms with Gasteiger partial charge < -0.3 is 29.5 Å². The van der Waals surface area contributed by atoms with Gasteiger partial charge in [0.25, 0.3) is 0 Å². The highest BCUT2D eigenvalue weighted by Gasteiger charge is 2.22. The minimum absolute atomic E-state index is 0.0636. The highest BCUT2D eigenvalue weighted by atomic mass is 16.6. The molecule has 12 heteroatoms. The van der Waals surface area contributed by atoms with Crippen molar-refractivity contribution >= 4 is 35.8 Å². The van der Waals surface area contributed by atoms with Crippen molar-refractivity contribution in [2.75, 3.05) is 13.2 Å². The Morgan fingerprint density at radius 1 is 0.714 bits per heavy atom. The Kier molecular flexibility index (Phi) is 8.64. The van der Waals surface area contributed by atoms with Gasteiger partial charge in [0, 0.05) is 6.92 Å². The normalized spacial score (nSPS) is 11.1. The Labute approximate surface area is 197 Å². The van der Waals surface area contributed by atoms with Gasteiger partial charge >= 0.3 is 35.8 Å². The van der Waals surface area contributed by atoms with Crippen LogP contribution in [0.1, 0.15) is 64.3 Å². The van der Waals surface area contributed by atoms with E-state index in [0.717, 1.165) is 31.2 Å². The molecule has 0 spiro atoms. The van der Waals surface area contributed by atoms with Crippen LogP contribution >= 0.6 is 0 Å². The van der Waals surface area contributed by atoms with Crippen molar-refractivity contribution in [1.29, 1.82) is 0 Å². The zero-order chi connectivity index (χ0) is 26.3. The Balaban J connectivity index is 2.08. The number of ether oxygens (including phenoxy) is 3. The zero-order valence-corrected chi connectivity index (χ0v) is 18.5. The van der Waals surface area contributed by atoms with Gasteiger partial charge in [-0.1, -0.05) is 6.07 Å². The number of carboxylic acid groups (broad SMARTS) is 3. The van der Waals surface area contributed by atoms with Crippen LogP contribution in [0.25, 0.3) is 0 Å². The second-order valence-corrected chi connectivity index (χ2v) is 7.13. The van der Waals surface area contributed by atoms with E-state index < -0.39 is 66.3 Å². The summed E-state index contributed by atoms with van der Waals surface area (Å²) in [5.41, 5.74) is -1.16. The molecule has 0 bridgehead atoms. The lowest BCUT2D eigenvalue weighted by Crippen LogP contribution is -2.30. The van der Waals surface area contributed by atoms with E-state index in [1.165, 1.54) is 12.1 Å². The first-order valence-corrected chi connectivity index (χ1v) is 9.86. The van der Waals surface area contributed by atoms with E-state index in [4.69, 9.17) is 24.4 Å². The van der Waals surface area contributed by atoms with E-state index in [-0.39, 0.29) is 16.7 Å². The summed E-state index contributed by atoms with van der Waals surface area (Å²) in [6.45, 7) is 1.50. The standard InChI is InChI=1S/C23H20O12/c1-11-3-4-13(7-17(11)20(27)28)22(31)33-9-15(35-12(2)24)10-34-23(32)14-5-6-16(19(25)26)18(8-14)21(29)30/h3-8,15H,9-10H2,1-2H3,(H,25,26)(H,27,28)(H,29,30). The molecule has 0 aliphatic heterocycles. The highest BCUT2D eigenvalue weighted by molar-refractivity contribution is 6.04. The van der Waals surface area contributed by atoms with Crippen LogP contribution in [0.2, 0.25) is 0 Å². The molecule has 184 valence electrons. The van der Waals surface area contributed by atoms with Gasteiger partial charge in [-0.25, -0.2) is 24.0 Å². The van der Waals surface area contributed by atoms with Crippen LogP contribution in [-0.4, -0.2) is 70.5 Å². The highest BCUT2D eigenvalue weighted by Crippen LogP contribution is 2.15. The van der Waals surface area contributed by atoms with Crippen molar-refractivity contribution in [3.05, 3.63) is 69.8 Å². The zero-order valence-electron chi connectivity index (χ0n) is 18.5. The lowest BCUT2D eigenvalue weighted by atomic mass is 10.0. The minimum atomic E-state index is -1.57. The number of carbonyl (C=O) groups excluding carboxylic acids is 3. The van der Waals surface area contributed by atoms with Crippen molar-refractivity contribution in [3.8, 4) is 0 Å². The summed E-state index contributed by atoms with van der Waals surface area (Å²) in [5.74, 6) is -7.02. The summed E-state index contributed by atoms with van der Waals surface area (Å²) in [6, 6.07) is 6.71. The molecule has 0 aliphatic carbocycles. The number of rotatable bonds is 10. The van der Waals surface area contributed by atoms with Gasteiger partial charge in [-0.15, -0.1) is 0 Å². The third kappa shape index (κ3) is 7.12. The van der Waals surface area contributed by atoms with E-state index in [2.05, 4.69) is 0 Å². The SMILES string of the molecule is CC(=O)OC(COC(=O)c1ccc(C)c(C(=O)O)c1)COC(=O)c1ccc(C(=O)O)c(C(=O)O)c1. The fraction of sp³-hybridized carbons (Fsp3) is 0.217. The molecule has 0 aromatic heterocycles. The molecule has 35 heavy (non-hydrogen) atoms. The summed E-state index contributed by atoms with van der Waals surface area (Å²) in [4.78, 5) is 69.6. The minimum Gasteiger partial charge on any atom is -0.478 e. The molecule has 0 amide bonds. The topological polar surface area (TPSA) is 191 Å². The molecule has 2 aromatic carbocycles. The molecule has 0 fully saturated rings. The number of carbonyl (C=O) groups is 6. The molecule has 0 radical (unpaired) electrons. The van der Waals surface area contributed by atoms with Crippen molar-refractivity contribution < 1.29 is 58.3 Å². The van der Waals surface area contributed by atoms with Crippen molar-refractivity contribution in [1.82, 2.24) is 0 Å². The second-order valence-electron chi connectivity index (χ2n) is 7.13. The van der Waals surface area contributed by atoms with Gasteiger partial charge in [-0.2, -0.15) is 0 Å². The van der Waals surface area contributed by atoms with E-state index in [1.807, 2.05) is 0 Å². The number of esters is 3. The van der Waals surface area contributed by atoms with Crippen molar-refractivity contribution in [2.24, 2.45) is 0 Å². The Morgan fingerprint density at radius 3 is 1.63 bits per heavy atom. The van der Waals surface area contributed by atoms with E-state index >= 15 is 0 Å². The molecule has 12 nitrogen and oxygen atoms in total. The van der Waals surface area contributed by atoms with E-state index in [1.54, 1.807) is 6.92 Å². The van der Waals surface area contributed by atoms with Crippen LogP contribution in [0, 0.1) is 6.92 Å². The fourth-order valence-electron chi connectivity index (χ4n) is 2.87. The summed E-state index contributed by atoms with van der Waals surface area (Å²) < 4.78 is 15.0. The number of carboxylic acids is 3. The molecule has 3 N–H and O–H groups in total. The molecule has 0 heterocycles. The van der Waals surface area contributed by atoms with E-state index in [9.17, 15) is 33.9 Å². The predicted octanol–water partition coefficient (Wildman–Crippen LogP) is 2.04. The number of hydrogen-bond acceptors (Lipinski definition) is 9. The average Bonchev–Trinajstić information content (AvgIpc) is 2.79. The van der Waals surface area contributed by atoms with Crippen LogP contribution < -0.4 is 0 Å². The molecule has 1 atom stereocenters. The molecule has 2 rings (SSSR count). The smallest absolute Gasteiger partial charge is 0.338 e. The Morgan fingerprint density at radius 2 is 1.17 bits per heavy atom. The van der Waals surface area contributed by atoms with Crippen LogP contribution in [0.5, 0.6) is 0 Å². The monoisotopic (exact) mass is 488 g/mol. The maximum absolute atomic E-state index is 12.3. The van der Waals surface area contributed by atoms with Gasteiger partial charge in [0.05, 0.1) is 27.8 Å². The van der Waals surface area contributed by atoms with E-state index in [0.29, 0.717) is 5.56 Å². The second kappa shape index (κ2) is 11.4.